The molecule has 0 spiro atoms. The molecule has 4 N–H and O–H groups in total. The Morgan fingerprint density at radius 1 is 1.40 bits per heavy atom. The van der Waals surface area contributed by atoms with Crippen molar-refractivity contribution in [2.45, 2.75) is 23.2 Å². The Bertz CT molecular complexity index is 650. The van der Waals surface area contributed by atoms with Crippen LogP contribution in [0, 0.1) is 12.3 Å². The molecule has 0 amide bonds. The number of amidine groups is 1. The van der Waals surface area contributed by atoms with Gasteiger partial charge in [-0.2, -0.15) is 13.2 Å². The van der Waals surface area contributed by atoms with Crippen molar-refractivity contribution in [1.82, 2.24) is 15.2 Å². The Balaban J connectivity index is 2.39. The zero-order valence-corrected chi connectivity index (χ0v) is 11.1. The van der Waals surface area contributed by atoms with E-state index in [0.717, 1.165) is 17.8 Å². The third-order valence-electron chi connectivity index (χ3n) is 2.37. The number of aromatic amines is 1. The van der Waals surface area contributed by atoms with Crippen LogP contribution in [0.2, 0.25) is 0 Å². The molecule has 106 valence electrons. The highest BCUT2D eigenvalue weighted by atomic mass is 32.2. The van der Waals surface area contributed by atoms with Crippen LogP contribution in [0.3, 0.4) is 0 Å². The molecule has 0 saturated carbocycles. The molecule has 2 aromatic rings. The molecular formula is C11H10F3N5S. The topological polar surface area (TPSA) is 91.4 Å². The second-order valence-corrected chi connectivity index (χ2v) is 4.96. The van der Waals surface area contributed by atoms with Gasteiger partial charge in [0.05, 0.1) is 5.56 Å². The molecule has 1 heterocycles. The van der Waals surface area contributed by atoms with Crippen molar-refractivity contribution >= 4 is 17.6 Å². The number of benzene rings is 1. The Labute approximate surface area is 116 Å². The van der Waals surface area contributed by atoms with E-state index in [1.54, 1.807) is 6.92 Å². The molecule has 0 aliphatic rings. The molecule has 0 atom stereocenters. The van der Waals surface area contributed by atoms with Crippen molar-refractivity contribution in [1.29, 1.82) is 5.41 Å². The number of hydrogen-bond acceptors (Lipinski definition) is 4. The highest BCUT2D eigenvalue weighted by Crippen LogP contribution is 2.35. The van der Waals surface area contributed by atoms with Crippen molar-refractivity contribution in [3.05, 3.63) is 35.2 Å². The van der Waals surface area contributed by atoms with E-state index >= 15 is 0 Å². The van der Waals surface area contributed by atoms with Crippen LogP contribution in [-0.2, 0) is 6.18 Å². The minimum Gasteiger partial charge on any atom is -0.384 e. The van der Waals surface area contributed by atoms with Gasteiger partial charge in [0.2, 0.25) is 5.16 Å². The summed E-state index contributed by atoms with van der Waals surface area (Å²) < 4.78 is 38.8. The zero-order valence-electron chi connectivity index (χ0n) is 10.2. The third kappa shape index (κ3) is 3.10. The predicted molar refractivity (Wildman–Crippen MR) is 67.7 cm³/mol. The molecule has 1 aromatic heterocycles. The Morgan fingerprint density at radius 3 is 2.60 bits per heavy atom. The van der Waals surface area contributed by atoms with Crippen molar-refractivity contribution in [3.8, 4) is 0 Å². The van der Waals surface area contributed by atoms with Gasteiger partial charge in [-0.05, 0) is 36.9 Å². The maximum Gasteiger partial charge on any atom is 0.417 e. The van der Waals surface area contributed by atoms with E-state index in [4.69, 9.17) is 11.1 Å². The number of aryl methyl sites for hydroxylation is 1. The number of rotatable bonds is 3. The highest BCUT2D eigenvalue weighted by Gasteiger charge is 2.34. The van der Waals surface area contributed by atoms with Gasteiger partial charge in [-0.25, -0.2) is 4.98 Å². The molecule has 0 saturated heterocycles. The summed E-state index contributed by atoms with van der Waals surface area (Å²) in [4.78, 5) is 4.32. The number of nitrogens with zero attached hydrogens (tertiary/aromatic N) is 2. The van der Waals surface area contributed by atoms with E-state index in [1.165, 1.54) is 12.1 Å². The number of H-pyrrole nitrogens is 1. The van der Waals surface area contributed by atoms with Gasteiger partial charge in [0, 0.05) is 10.5 Å². The number of hydrogen-bond donors (Lipinski definition) is 3. The van der Waals surface area contributed by atoms with E-state index in [2.05, 4.69) is 15.2 Å². The number of nitrogen functional groups attached to an aromatic ring is 1. The number of nitrogens with two attached hydrogens (primary N) is 1. The fraction of sp³-hybridized carbons (Fsp3) is 0.182. The summed E-state index contributed by atoms with van der Waals surface area (Å²) in [7, 11) is 0. The van der Waals surface area contributed by atoms with Gasteiger partial charge in [0.25, 0.3) is 0 Å². The number of halogens is 3. The molecule has 0 bridgehead atoms. The van der Waals surface area contributed by atoms with Gasteiger partial charge >= 0.3 is 6.18 Å². The van der Waals surface area contributed by atoms with E-state index in [-0.39, 0.29) is 5.56 Å². The van der Waals surface area contributed by atoms with Gasteiger partial charge in [-0.15, -0.1) is 5.10 Å². The standard InChI is InChI=1S/C11H10F3N5S/c1-5-17-10(19-18-5)20-6-2-3-7(9(15)16)8(4-6)11(12,13)14/h2-4H,1H3,(H3,15,16)(H,17,18,19). The summed E-state index contributed by atoms with van der Waals surface area (Å²) in [6, 6.07) is 3.56. The van der Waals surface area contributed by atoms with Crippen LogP contribution in [0.1, 0.15) is 17.0 Å². The fourth-order valence-corrected chi connectivity index (χ4v) is 2.33. The molecule has 9 heteroatoms. The van der Waals surface area contributed by atoms with Crippen LogP contribution in [0.5, 0.6) is 0 Å². The van der Waals surface area contributed by atoms with Gasteiger partial charge in [-0.3, -0.25) is 10.5 Å². The molecule has 0 unspecified atom stereocenters. The molecule has 2 rings (SSSR count). The third-order valence-corrected chi connectivity index (χ3v) is 3.23. The zero-order chi connectivity index (χ0) is 14.9. The number of nitrogens with one attached hydrogen (secondary N) is 2. The van der Waals surface area contributed by atoms with Crippen LogP contribution in [-0.4, -0.2) is 21.0 Å². The summed E-state index contributed by atoms with van der Waals surface area (Å²) in [6.45, 7) is 1.69. The van der Waals surface area contributed by atoms with Gasteiger partial charge in [0.1, 0.15) is 11.7 Å². The highest BCUT2D eigenvalue weighted by molar-refractivity contribution is 7.99. The first-order valence-corrected chi connectivity index (χ1v) is 6.21. The van der Waals surface area contributed by atoms with E-state index in [0.29, 0.717) is 15.9 Å². The van der Waals surface area contributed by atoms with Crippen molar-refractivity contribution in [2.75, 3.05) is 0 Å². The van der Waals surface area contributed by atoms with Gasteiger partial charge < -0.3 is 5.73 Å². The lowest BCUT2D eigenvalue weighted by atomic mass is 10.1. The first kappa shape index (κ1) is 14.4. The molecule has 1 aromatic carbocycles. The normalized spacial score (nSPS) is 11.6. The Kier molecular flexibility index (Phi) is 3.71. The molecule has 0 aliphatic heterocycles. The summed E-state index contributed by atoms with van der Waals surface area (Å²) in [6.07, 6.45) is -4.58. The SMILES string of the molecule is Cc1nc(Sc2ccc(C(=N)N)c(C(F)(F)F)c2)n[nH]1. The maximum atomic E-state index is 12.9. The number of aromatic nitrogens is 3. The van der Waals surface area contributed by atoms with Crippen LogP contribution in [0.15, 0.2) is 28.3 Å². The maximum absolute atomic E-state index is 12.9. The molecule has 0 radical (unpaired) electrons. The lowest BCUT2D eigenvalue weighted by molar-refractivity contribution is -0.137. The van der Waals surface area contributed by atoms with Crippen molar-refractivity contribution in [3.63, 3.8) is 0 Å². The van der Waals surface area contributed by atoms with Gasteiger partial charge in [-0.1, -0.05) is 0 Å². The van der Waals surface area contributed by atoms with E-state index < -0.39 is 17.6 Å². The average Bonchev–Trinajstić information content (AvgIpc) is 2.73. The average molecular weight is 301 g/mol. The minimum atomic E-state index is -4.58. The first-order valence-electron chi connectivity index (χ1n) is 5.40. The monoisotopic (exact) mass is 301 g/mol. The van der Waals surface area contributed by atoms with Crippen LogP contribution >= 0.6 is 11.8 Å². The molecule has 20 heavy (non-hydrogen) atoms. The van der Waals surface area contributed by atoms with Crippen LogP contribution in [0.25, 0.3) is 0 Å². The quantitative estimate of drug-likeness (QED) is 0.600. The first-order chi connectivity index (χ1) is 9.27. The van der Waals surface area contributed by atoms with E-state index in [1.807, 2.05) is 0 Å². The van der Waals surface area contributed by atoms with Gasteiger partial charge in [0.15, 0.2) is 0 Å². The van der Waals surface area contributed by atoms with Crippen molar-refractivity contribution in [2.24, 2.45) is 5.73 Å². The molecule has 5 nitrogen and oxygen atoms in total. The molecule has 0 fully saturated rings. The summed E-state index contributed by atoms with van der Waals surface area (Å²) >= 11 is 0.994. The molecule has 0 aliphatic carbocycles. The predicted octanol–water partition coefficient (Wildman–Crippen LogP) is 2.57. The smallest absolute Gasteiger partial charge is 0.384 e. The van der Waals surface area contributed by atoms with Crippen LogP contribution in [0.4, 0.5) is 13.2 Å². The van der Waals surface area contributed by atoms with Crippen molar-refractivity contribution < 1.29 is 13.2 Å². The minimum absolute atomic E-state index is 0.321. The number of alkyl halides is 3. The Morgan fingerprint density at radius 2 is 2.10 bits per heavy atom. The summed E-state index contributed by atoms with van der Waals surface area (Å²) in [5, 5.41) is 14.0. The lowest BCUT2D eigenvalue weighted by Gasteiger charge is -2.12. The summed E-state index contributed by atoms with van der Waals surface area (Å²) in [5.41, 5.74) is 3.88. The summed E-state index contributed by atoms with van der Waals surface area (Å²) in [5.74, 6) is -0.0495. The fourth-order valence-electron chi connectivity index (χ4n) is 1.53. The second-order valence-electron chi connectivity index (χ2n) is 3.92. The van der Waals surface area contributed by atoms with Crippen LogP contribution < -0.4 is 5.73 Å². The largest absolute Gasteiger partial charge is 0.417 e. The second kappa shape index (κ2) is 5.16. The van der Waals surface area contributed by atoms with E-state index in [9.17, 15) is 13.2 Å². The Hall–Kier alpha value is -2.03. The molecular weight excluding hydrogens is 291 g/mol. The lowest BCUT2D eigenvalue weighted by Crippen LogP contribution is -2.18.